The molecule has 0 bridgehead atoms. The molecule has 0 aliphatic rings. The van der Waals surface area contributed by atoms with Gasteiger partial charge in [-0.1, -0.05) is 0 Å². The van der Waals surface area contributed by atoms with Crippen LogP contribution in [-0.2, 0) is 9.62 Å². The van der Waals surface area contributed by atoms with Crippen molar-refractivity contribution in [3.8, 4) is 0 Å². The normalized spacial score (nSPS) is 10.4. The van der Waals surface area contributed by atoms with Gasteiger partial charge in [-0.05, 0) is 20.8 Å². The Balaban J connectivity index is 3.52. The fraction of sp³-hybridized carbons (Fsp3) is 0.750. The summed E-state index contributed by atoms with van der Waals surface area (Å²) in [5.41, 5.74) is -0.554. The summed E-state index contributed by atoms with van der Waals surface area (Å²) in [7, 11) is 0. The third-order valence-electron chi connectivity index (χ3n) is 1.15. The van der Waals surface area contributed by atoms with Crippen molar-refractivity contribution in [3.63, 3.8) is 0 Å². The predicted octanol–water partition coefficient (Wildman–Crippen LogP) is 0.710. The van der Waals surface area contributed by atoms with E-state index in [0.717, 1.165) is 0 Å². The first-order valence-corrected chi connectivity index (χ1v) is 4.41. The molecule has 0 radical (unpaired) electrons. The van der Waals surface area contributed by atoms with Gasteiger partial charge in [-0.15, -0.1) is 0 Å². The van der Waals surface area contributed by atoms with E-state index in [1.165, 1.54) is 0 Å². The molecule has 0 saturated carbocycles. The molecule has 2 amide bonds. The fourth-order valence-electron chi connectivity index (χ4n) is 0.676. The van der Waals surface area contributed by atoms with Crippen LogP contribution in [0.15, 0.2) is 0 Å². The zero-order chi connectivity index (χ0) is 11.9. The quantitative estimate of drug-likeness (QED) is 0.369. The molecule has 15 heavy (non-hydrogen) atoms. The summed E-state index contributed by atoms with van der Waals surface area (Å²) in [5.74, 6) is 0. The first-order chi connectivity index (χ1) is 6.85. The van der Waals surface area contributed by atoms with E-state index < -0.39 is 17.8 Å². The third-order valence-corrected chi connectivity index (χ3v) is 1.15. The second kappa shape index (κ2) is 6.07. The Morgan fingerprint density at radius 2 is 1.60 bits per heavy atom. The zero-order valence-electron chi connectivity index (χ0n) is 8.99. The topological polar surface area (TPSA) is 96.9 Å². The van der Waals surface area contributed by atoms with Gasteiger partial charge in [0, 0.05) is 13.1 Å². The van der Waals surface area contributed by atoms with Crippen LogP contribution in [0.25, 0.3) is 0 Å². The summed E-state index contributed by atoms with van der Waals surface area (Å²) < 4.78 is 4.93. The lowest BCUT2D eigenvalue weighted by Gasteiger charge is -2.19. The maximum Gasteiger partial charge on any atom is 0.438 e. The molecule has 3 N–H and O–H groups in total. The highest BCUT2D eigenvalue weighted by Crippen LogP contribution is 2.05. The van der Waals surface area contributed by atoms with E-state index in [2.05, 4.69) is 15.5 Å². The van der Waals surface area contributed by atoms with Gasteiger partial charge >= 0.3 is 12.2 Å². The van der Waals surface area contributed by atoms with E-state index in [1.54, 1.807) is 20.8 Å². The van der Waals surface area contributed by atoms with Crippen LogP contribution in [0.3, 0.4) is 0 Å². The van der Waals surface area contributed by atoms with E-state index in [0.29, 0.717) is 0 Å². The van der Waals surface area contributed by atoms with Crippen LogP contribution in [0.1, 0.15) is 20.8 Å². The predicted molar refractivity (Wildman–Crippen MR) is 51.3 cm³/mol. The minimum absolute atomic E-state index is 0.138. The van der Waals surface area contributed by atoms with Gasteiger partial charge in [0.25, 0.3) is 0 Å². The first-order valence-electron chi connectivity index (χ1n) is 4.41. The highest BCUT2D eigenvalue weighted by Gasteiger charge is 2.15. The van der Waals surface area contributed by atoms with Crippen molar-refractivity contribution in [1.29, 1.82) is 0 Å². The molecule has 88 valence electrons. The Morgan fingerprint density at radius 3 is 2.00 bits per heavy atom. The molecule has 0 atom stereocenters. The number of carbonyl (C=O) groups is 2. The summed E-state index contributed by atoms with van der Waals surface area (Å²) in [6, 6.07) is 0. The standard InChI is InChI=1S/C8H16N2O5/c1-8(2,3)14-6(11)9-4-5-10-7(12)15-13/h13H,4-5H2,1-3H3,(H,9,11)(H,10,12). The van der Waals surface area contributed by atoms with E-state index in [9.17, 15) is 9.59 Å². The molecule has 7 nitrogen and oxygen atoms in total. The summed E-state index contributed by atoms with van der Waals surface area (Å²) in [4.78, 5) is 24.7. The lowest BCUT2D eigenvalue weighted by Crippen LogP contribution is -2.37. The highest BCUT2D eigenvalue weighted by atomic mass is 17.1. The Labute approximate surface area is 87.7 Å². The maximum absolute atomic E-state index is 11.0. The van der Waals surface area contributed by atoms with Gasteiger partial charge in [0.1, 0.15) is 5.60 Å². The monoisotopic (exact) mass is 220 g/mol. The average Bonchev–Trinajstić information content (AvgIpc) is 2.09. The SMILES string of the molecule is CC(C)(C)OC(=O)NCCNC(=O)OO. The Bertz CT molecular complexity index is 224. The van der Waals surface area contributed by atoms with Crippen molar-refractivity contribution in [1.82, 2.24) is 10.6 Å². The van der Waals surface area contributed by atoms with Crippen LogP contribution in [0.4, 0.5) is 9.59 Å². The minimum Gasteiger partial charge on any atom is -0.444 e. The third kappa shape index (κ3) is 8.82. The number of rotatable bonds is 3. The van der Waals surface area contributed by atoms with Gasteiger partial charge in [-0.3, -0.25) is 4.89 Å². The van der Waals surface area contributed by atoms with E-state index >= 15 is 0 Å². The molecule has 0 fully saturated rings. The van der Waals surface area contributed by atoms with Crippen LogP contribution in [0, 0.1) is 0 Å². The fourth-order valence-corrected chi connectivity index (χ4v) is 0.676. The summed E-state index contributed by atoms with van der Waals surface area (Å²) in [6.07, 6.45) is -1.54. The van der Waals surface area contributed by atoms with Crippen molar-refractivity contribution in [2.24, 2.45) is 0 Å². The van der Waals surface area contributed by atoms with E-state index in [-0.39, 0.29) is 13.1 Å². The van der Waals surface area contributed by atoms with Crippen LogP contribution in [0.5, 0.6) is 0 Å². The number of hydrogen-bond acceptors (Lipinski definition) is 5. The smallest absolute Gasteiger partial charge is 0.438 e. The summed E-state index contributed by atoms with van der Waals surface area (Å²) in [5, 5.41) is 12.4. The zero-order valence-corrected chi connectivity index (χ0v) is 8.99. The molecule has 0 aliphatic carbocycles. The average molecular weight is 220 g/mol. The lowest BCUT2D eigenvalue weighted by molar-refractivity contribution is -0.177. The summed E-state index contributed by atoms with van der Waals surface area (Å²) in [6.45, 7) is 5.55. The van der Waals surface area contributed by atoms with Gasteiger partial charge in [0.05, 0.1) is 0 Å². The van der Waals surface area contributed by atoms with Crippen molar-refractivity contribution in [2.75, 3.05) is 13.1 Å². The number of alkyl carbamates (subject to hydrolysis) is 1. The molecule has 0 unspecified atom stereocenters. The van der Waals surface area contributed by atoms with Gasteiger partial charge in [-0.25, -0.2) is 9.59 Å². The van der Waals surface area contributed by atoms with Crippen LogP contribution in [0.2, 0.25) is 0 Å². The molecule has 0 rings (SSSR count). The van der Waals surface area contributed by atoms with Gasteiger partial charge in [0.15, 0.2) is 0 Å². The molecule has 0 aromatic carbocycles. The maximum atomic E-state index is 11.0. The number of amides is 2. The van der Waals surface area contributed by atoms with Crippen molar-refractivity contribution in [2.45, 2.75) is 26.4 Å². The molecule has 7 heteroatoms. The largest absolute Gasteiger partial charge is 0.444 e. The first kappa shape index (κ1) is 13.5. The molecule has 0 heterocycles. The van der Waals surface area contributed by atoms with E-state index in [4.69, 9.17) is 9.99 Å². The Morgan fingerprint density at radius 1 is 1.13 bits per heavy atom. The number of hydrogen-bond donors (Lipinski definition) is 3. The lowest BCUT2D eigenvalue weighted by atomic mass is 10.2. The number of carbonyl (C=O) groups excluding carboxylic acids is 2. The van der Waals surface area contributed by atoms with Crippen LogP contribution < -0.4 is 10.6 Å². The molecule has 0 spiro atoms. The molecular formula is C8H16N2O5. The Kier molecular flexibility index (Phi) is 5.46. The molecule has 0 aliphatic heterocycles. The van der Waals surface area contributed by atoms with Crippen LogP contribution >= 0.6 is 0 Å². The molecule has 0 aromatic rings. The number of ether oxygens (including phenoxy) is 1. The van der Waals surface area contributed by atoms with Gasteiger partial charge in [0.2, 0.25) is 0 Å². The minimum atomic E-state index is -0.971. The Hall–Kier alpha value is -1.50. The van der Waals surface area contributed by atoms with Crippen molar-refractivity contribution < 1.29 is 24.5 Å². The second-order valence-corrected chi connectivity index (χ2v) is 3.73. The molecular weight excluding hydrogens is 204 g/mol. The highest BCUT2D eigenvalue weighted by molar-refractivity contribution is 5.68. The van der Waals surface area contributed by atoms with Crippen molar-refractivity contribution in [3.05, 3.63) is 0 Å². The molecule has 0 saturated heterocycles. The molecule has 0 aromatic heterocycles. The van der Waals surface area contributed by atoms with Gasteiger partial charge < -0.3 is 15.4 Å². The summed E-state index contributed by atoms with van der Waals surface area (Å²) >= 11 is 0. The van der Waals surface area contributed by atoms with Gasteiger partial charge in [-0.2, -0.15) is 5.26 Å². The van der Waals surface area contributed by atoms with E-state index in [1.807, 2.05) is 0 Å². The second-order valence-electron chi connectivity index (χ2n) is 3.73. The van der Waals surface area contributed by atoms with Crippen molar-refractivity contribution >= 4 is 12.2 Å². The van der Waals surface area contributed by atoms with Crippen LogP contribution in [-0.4, -0.2) is 36.1 Å². The number of nitrogens with one attached hydrogen (secondary N) is 2.